The summed E-state index contributed by atoms with van der Waals surface area (Å²) < 4.78 is 17.1. The molecule has 0 aliphatic heterocycles. The van der Waals surface area contributed by atoms with E-state index in [1.54, 1.807) is 36.4 Å². The Bertz CT molecular complexity index is 1640. The molecule has 37 heavy (non-hydrogen) atoms. The number of hydrazone groups is 1. The average molecular weight is 495 g/mol. The van der Waals surface area contributed by atoms with Crippen LogP contribution in [0.5, 0.6) is 11.5 Å². The number of methoxy groups -OCH3 is 1. The maximum atomic E-state index is 12.7. The molecule has 0 fully saturated rings. The van der Waals surface area contributed by atoms with E-state index in [2.05, 4.69) is 10.5 Å². The molecular weight excluding hydrogens is 474 g/mol. The average Bonchev–Trinajstić information content (AvgIpc) is 3.37. The molecule has 0 aliphatic carbocycles. The largest absolute Gasteiger partial charge is 0.493 e. The lowest BCUT2D eigenvalue weighted by atomic mass is 10.1. The Morgan fingerprint density at radius 3 is 2.62 bits per heavy atom. The summed E-state index contributed by atoms with van der Waals surface area (Å²) in [4.78, 5) is 23.1. The quantitative estimate of drug-likeness (QED) is 0.164. The summed E-state index contributed by atoms with van der Waals surface area (Å²) in [6.07, 6.45) is 1.45. The number of carbonyl (C=O) groups excluding carboxylic acids is 1. The van der Waals surface area contributed by atoms with Gasteiger partial charge in [-0.25, -0.2) is 5.43 Å². The number of ether oxygens (including phenoxy) is 2. The highest BCUT2D eigenvalue weighted by Crippen LogP contribution is 2.31. The maximum Gasteiger partial charge on any atom is 0.307 e. The number of hydrogen-bond acceptors (Lipinski definition) is 7. The van der Waals surface area contributed by atoms with Gasteiger partial charge in [0.05, 0.1) is 18.2 Å². The zero-order valence-electron chi connectivity index (χ0n) is 19.7. The van der Waals surface area contributed by atoms with Gasteiger partial charge < -0.3 is 13.9 Å². The van der Waals surface area contributed by atoms with Crippen LogP contribution in [-0.2, 0) is 6.61 Å². The predicted molar refractivity (Wildman–Crippen MR) is 139 cm³/mol. The number of nitrogens with zero attached hydrogens (tertiary/aromatic N) is 2. The number of nitro benzene ring substituents is 1. The van der Waals surface area contributed by atoms with Crippen LogP contribution < -0.4 is 14.9 Å². The molecule has 0 unspecified atom stereocenters. The Kier molecular flexibility index (Phi) is 6.50. The Morgan fingerprint density at radius 1 is 1.03 bits per heavy atom. The monoisotopic (exact) mass is 495 g/mol. The molecule has 5 aromatic rings. The summed E-state index contributed by atoms with van der Waals surface area (Å²) in [6, 6.07) is 24.7. The van der Waals surface area contributed by atoms with Crippen LogP contribution in [0.25, 0.3) is 21.7 Å². The molecule has 184 valence electrons. The number of furan rings is 1. The third-order valence-corrected chi connectivity index (χ3v) is 5.78. The molecule has 0 aliphatic rings. The number of non-ortho nitro benzene ring substituents is 1. The molecule has 0 atom stereocenters. The first-order chi connectivity index (χ1) is 18.0. The minimum Gasteiger partial charge on any atom is -0.493 e. The molecule has 1 amide bonds. The van der Waals surface area contributed by atoms with Gasteiger partial charge in [0.25, 0.3) is 5.69 Å². The van der Waals surface area contributed by atoms with Crippen LogP contribution in [0, 0.1) is 10.1 Å². The van der Waals surface area contributed by atoms with Gasteiger partial charge in [0.15, 0.2) is 17.3 Å². The fraction of sp³-hybridized carbons (Fsp3) is 0.0714. The van der Waals surface area contributed by atoms with Crippen molar-refractivity contribution in [3.05, 3.63) is 112 Å². The van der Waals surface area contributed by atoms with Crippen LogP contribution >= 0.6 is 0 Å². The first-order valence-corrected chi connectivity index (χ1v) is 11.3. The van der Waals surface area contributed by atoms with Crippen LogP contribution in [0.2, 0.25) is 0 Å². The van der Waals surface area contributed by atoms with E-state index in [9.17, 15) is 14.9 Å². The second kappa shape index (κ2) is 10.2. The number of benzene rings is 4. The Morgan fingerprint density at radius 2 is 1.84 bits per heavy atom. The highest BCUT2D eigenvalue weighted by molar-refractivity contribution is 6.08. The SMILES string of the molecule is COc1cccc(C=NNC(=O)c2cc3c(ccc4ccccc43)o2)c1OCc1ccc([N+](=O)[O-])cc1. The number of para-hydroxylation sites is 1. The van der Waals surface area contributed by atoms with Gasteiger partial charge in [-0.1, -0.05) is 36.4 Å². The lowest BCUT2D eigenvalue weighted by Crippen LogP contribution is -2.16. The van der Waals surface area contributed by atoms with Crippen molar-refractivity contribution >= 4 is 39.6 Å². The number of hydrogen-bond donors (Lipinski definition) is 1. The molecule has 4 aromatic carbocycles. The van der Waals surface area contributed by atoms with Gasteiger partial charge in [-0.3, -0.25) is 14.9 Å². The standard InChI is InChI=1S/C28H21N3O6/c1-35-25-8-4-6-20(27(25)36-17-18-9-12-21(13-10-18)31(33)34)16-29-30-28(32)26-15-23-22-7-3-2-5-19(22)11-14-24(23)37-26/h2-16H,17H2,1H3,(H,30,32). The number of carbonyl (C=O) groups is 1. The normalized spacial score (nSPS) is 11.2. The highest BCUT2D eigenvalue weighted by atomic mass is 16.6. The van der Waals surface area contributed by atoms with Crippen molar-refractivity contribution < 1.29 is 23.6 Å². The van der Waals surface area contributed by atoms with E-state index in [0.717, 1.165) is 21.7 Å². The predicted octanol–water partition coefficient (Wildman–Crippen LogP) is 5.85. The van der Waals surface area contributed by atoms with E-state index >= 15 is 0 Å². The second-order valence-corrected chi connectivity index (χ2v) is 8.10. The lowest BCUT2D eigenvalue weighted by molar-refractivity contribution is -0.384. The Labute approximate surface area is 211 Å². The van der Waals surface area contributed by atoms with Crippen LogP contribution in [0.4, 0.5) is 5.69 Å². The van der Waals surface area contributed by atoms with Gasteiger partial charge >= 0.3 is 5.91 Å². The Hall–Kier alpha value is -5.18. The fourth-order valence-electron chi connectivity index (χ4n) is 3.94. The molecule has 0 saturated carbocycles. The van der Waals surface area contributed by atoms with Crippen molar-refractivity contribution in [1.82, 2.24) is 5.43 Å². The minimum absolute atomic E-state index is 0.00208. The molecule has 5 rings (SSSR count). The van der Waals surface area contributed by atoms with Gasteiger partial charge in [-0.15, -0.1) is 0 Å². The van der Waals surface area contributed by atoms with Crippen LogP contribution in [0.1, 0.15) is 21.7 Å². The van der Waals surface area contributed by atoms with Crippen molar-refractivity contribution in [2.45, 2.75) is 6.61 Å². The molecule has 1 heterocycles. The van der Waals surface area contributed by atoms with E-state index in [1.165, 1.54) is 25.5 Å². The minimum atomic E-state index is -0.493. The molecule has 9 heteroatoms. The number of amides is 1. The van der Waals surface area contributed by atoms with Gasteiger partial charge in [0, 0.05) is 23.1 Å². The van der Waals surface area contributed by atoms with Gasteiger partial charge in [-0.2, -0.15) is 5.10 Å². The number of fused-ring (bicyclic) bond motifs is 3. The van der Waals surface area contributed by atoms with Crippen molar-refractivity contribution in [3.8, 4) is 11.5 Å². The van der Waals surface area contributed by atoms with Gasteiger partial charge in [0.1, 0.15) is 12.2 Å². The van der Waals surface area contributed by atoms with E-state index in [0.29, 0.717) is 22.6 Å². The Balaban J connectivity index is 1.32. The van der Waals surface area contributed by atoms with E-state index < -0.39 is 10.8 Å². The molecule has 9 nitrogen and oxygen atoms in total. The third-order valence-electron chi connectivity index (χ3n) is 5.78. The third kappa shape index (κ3) is 4.96. The zero-order chi connectivity index (χ0) is 25.8. The van der Waals surface area contributed by atoms with Crippen LogP contribution in [0.3, 0.4) is 0 Å². The van der Waals surface area contributed by atoms with E-state index in [-0.39, 0.29) is 18.1 Å². The van der Waals surface area contributed by atoms with Crippen molar-refractivity contribution in [3.63, 3.8) is 0 Å². The second-order valence-electron chi connectivity index (χ2n) is 8.10. The number of rotatable bonds is 8. The summed E-state index contributed by atoms with van der Waals surface area (Å²) >= 11 is 0. The highest BCUT2D eigenvalue weighted by Gasteiger charge is 2.14. The smallest absolute Gasteiger partial charge is 0.307 e. The van der Waals surface area contributed by atoms with Crippen molar-refractivity contribution in [1.29, 1.82) is 0 Å². The fourth-order valence-corrected chi connectivity index (χ4v) is 3.94. The summed E-state index contributed by atoms with van der Waals surface area (Å²) in [5, 5.41) is 17.8. The van der Waals surface area contributed by atoms with Crippen molar-refractivity contribution in [2.24, 2.45) is 5.10 Å². The van der Waals surface area contributed by atoms with E-state index in [4.69, 9.17) is 13.9 Å². The van der Waals surface area contributed by atoms with Crippen LogP contribution in [0.15, 0.2) is 94.4 Å². The van der Waals surface area contributed by atoms with E-state index in [1.807, 2.05) is 36.4 Å². The zero-order valence-corrected chi connectivity index (χ0v) is 19.7. The summed E-state index contributed by atoms with van der Waals surface area (Å²) in [5.74, 6) is 0.537. The topological polar surface area (TPSA) is 116 Å². The number of nitro groups is 1. The first-order valence-electron chi connectivity index (χ1n) is 11.3. The summed E-state index contributed by atoms with van der Waals surface area (Å²) in [7, 11) is 1.52. The molecular formula is C28H21N3O6. The van der Waals surface area contributed by atoms with Crippen molar-refractivity contribution in [2.75, 3.05) is 7.11 Å². The molecule has 0 bridgehead atoms. The molecule has 1 N–H and O–H groups in total. The van der Waals surface area contributed by atoms with Gasteiger partial charge in [-0.05, 0) is 52.7 Å². The molecule has 0 radical (unpaired) electrons. The molecule has 0 spiro atoms. The maximum absolute atomic E-state index is 12.7. The first kappa shape index (κ1) is 23.6. The van der Waals surface area contributed by atoms with Crippen LogP contribution in [-0.4, -0.2) is 24.2 Å². The molecule has 0 saturated heterocycles. The summed E-state index contributed by atoms with van der Waals surface area (Å²) in [5.41, 5.74) is 4.41. The number of nitrogens with one attached hydrogen (secondary N) is 1. The lowest BCUT2D eigenvalue weighted by Gasteiger charge is -2.13. The summed E-state index contributed by atoms with van der Waals surface area (Å²) in [6.45, 7) is 0.151. The van der Waals surface area contributed by atoms with Gasteiger partial charge in [0.2, 0.25) is 0 Å². The molecule has 1 aromatic heterocycles.